The molecule has 0 saturated heterocycles. The molecule has 0 fully saturated rings. The van der Waals surface area contributed by atoms with Crippen LogP contribution in [0, 0.1) is 0 Å². The fourth-order valence-corrected chi connectivity index (χ4v) is 3.89. The van der Waals surface area contributed by atoms with E-state index in [-0.39, 0.29) is 0 Å². The van der Waals surface area contributed by atoms with Crippen LogP contribution in [0.4, 0.5) is 10.8 Å². The number of benzene rings is 1. The molecule has 1 aromatic carbocycles. The molecule has 126 valence electrons. The van der Waals surface area contributed by atoms with Crippen LogP contribution >= 0.6 is 23.1 Å². The van der Waals surface area contributed by atoms with Crippen molar-refractivity contribution in [3.63, 3.8) is 0 Å². The van der Waals surface area contributed by atoms with Crippen LogP contribution in [-0.2, 0) is 0 Å². The lowest BCUT2D eigenvalue weighted by atomic mass is 10.3. The maximum absolute atomic E-state index is 5.46. The molecule has 1 N–H and O–H groups in total. The van der Waals surface area contributed by atoms with E-state index in [4.69, 9.17) is 9.15 Å². The first kappa shape index (κ1) is 15.9. The van der Waals surface area contributed by atoms with Gasteiger partial charge in [0, 0.05) is 11.1 Å². The number of hydrogen-bond donors (Lipinski definition) is 1. The third-order valence-electron chi connectivity index (χ3n) is 3.24. The highest BCUT2D eigenvalue weighted by molar-refractivity contribution is 8.01. The second kappa shape index (κ2) is 7.08. The SMILES string of the molecule is CCOc1ccc(Nc2nnc(Sc3nncc4ccoc34)s2)cc1. The quantitative estimate of drug-likeness (QED) is 0.535. The van der Waals surface area contributed by atoms with Gasteiger partial charge in [-0.1, -0.05) is 11.3 Å². The van der Waals surface area contributed by atoms with Crippen LogP contribution in [0.15, 0.2) is 56.6 Å². The van der Waals surface area contributed by atoms with E-state index in [2.05, 4.69) is 25.7 Å². The van der Waals surface area contributed by atoms with E-state index in [1.165, 1.54) is 23.1 Å². The molecule has 0 bridgehead atoms. The molecule has 9 heteroatoms. The summed E-state index contributed by atoms with van der Waals surface area (Å²) in [5, 5.41) is 21.9. The van der Waals surface area contributed by atoms with Gasteiger partial charge in [0.1, 0.15) is 5.75 Å². The predicted octanol–water partition coefficient (Wildman–Crippen LogP) is 4.37. The number of aromatic nitrogens is 4. The molecule has 25 heavy (non-hydrogen) atoms. The van der Waals surface area contributed by atoms with Gasteiger partial charge in [0.05, 0.1) is 19.1 Å². The van der Waals surface area contributed by atoms with Crippen LogP contribution in [0.25, 0.3) is 11.0 Å². The highest BCUT2D eigenvalue weighted by atomic mass is 32.2. The second-order valence-corrected chi connectivity index (χ2v) is 7.13. The van der Waals surface area contributed by atoms with Crippen molar-refractivity contribution in [1.29, 1.82) is 0 Å². The molecule has 0 amide bonds. The van der Waals surface area contributed by atoms with Crippen LogP contribution in [0.5, 0.6) is 5.75 Å². The van der Waals surface area contributed by atoms with Crippen molar-refractivity contribution < 1.29 is 9.15 Å². The first-order chi connectivity index (χ1) is 12.3. The third-order valence-corrected chi connectivity index (χ3v) is 5.09. The van der Waals surface area contributed by atoms with Crippen molar-refractivity contribution in [2.24, 2.45) is 0 Å². The van der Waals surface area contributed by atoms with Crippen molar-refractivity contribution in [2.45, 2.75) is 16.3 Å². The van der Waals surface area contributed by atoms with E-state index < -0.39 is 0 Å². The Hall–Kier alpha value is -2.65. The molecular formula is C16H13N5O2S2. The predicted molar refractivity (Wildman–Crippen MR) is 96.7 cm³/mol. The minimum atomic E-state index is 0.648. The monoisotopic (exact) mass is 371 g/mol. The maximum atomic E-state index is 5.46. The summed E-state index contributed by atoms with van der Waals surface area (Å²) >= 11 is 2.82. The molecule has 0 radical (unpaired) electrons. The van der Waals surface area contributed by atoms with E-state index in [0.29, 0.717) is 22.3 Å². The molecule has 4 rings (SSSR count). The maximum Gasteiger partial charge on any atom is 0.210 e. The standard InChI is InChI=1S/C16H13N5O2S2/c1-2-22-12-5-3-11(4-6-12)18-15-20-21-16(25-15)24-14-13-10(7-8-23-13)9-17-19-14/h3-9H,2H2,1H3,(H,18,20). The average Bonchev–Trinajstić information content (AvgIpc) is 3.27. The highest BCUT2D eigenvalue weighted by Crippen LogP contribution is 2.35. The zero-order valence-electron chi connectivity index (χ0n) is 13.2. The summed E-state index contributed by atoms with van der Waals surface area (Å²) in [6, 6.07) is 9.56. The number of ether oxygens (including phenoxy) is 1. The molecule has 7 nitrogen and oxygen atoms in total. The number of furan rings is 1. The minimum Gasteiger partial charge on any atom is -0.494 e. The van der Waals surface area contributed by atoms with Gasteiger partial charge in [0.25, 0.3) is 0 Å². The fourth-order valence-electron chi connectivity index (χ4n) is 2.16. The second-order valence-electron chi connectivity index (χ2n) is 4.91. The van der Waals surface area contributed by atoms with Gasteiger partial charge in [0.2, 0.25) is 5.13 Å². The Bertz CT molecular complexity index is 984. The van der Waals surface area contributed by atoms with Gasteiger partial charge in [-0.3, -0.25) is 0 Å². The van der Waals surface area contributed by atoms with E-state index in [0.717, 1.165) is 21.2 Å². The number of nitrogens with zero attached hydrogens (tertiary/aromatic N) is 4. The fraction of sp³-hybridized carbons (Fsp3) is 0.125. The summed E-state index contributed by atoms with van der Waals surface area (Å²) in [5.74, 6) is 0.840. The van der Waals surface area contributed by atoms with Gasteiger partial charge in [-0.2, -0.15) is 5.10 Å². The smallest absolute Gasteiger partial charge is 0.210 e. The molecule has 0 spiro atoms. The molecule has 3 heterocycles. The highest BCUT2D eigenvalue weighted by Gasteiger charge is 2.12. The first-order valence-corrected chi connectivity index (χ1v) is 9.15. The Kier molecular flexibility index (Phi) is 4.49. The van der Waals surface area contributed by atoms with E-state index in [1.807, 2.05) is 37.3 Å². The van der Waals surface area contributed by atoms with Gasteiger partial charge < -0.3 is 14.5 Å². The first-order valence-electron chi connectivity index (χ1n) is 7.52. The molecule has 3 aromatic heterocycles. The molecule has 0 unspecified atom stereocenters. The van der Waals surface area contributed by atoms with Gasteiger partial charge in [0.15, 0.2) is 14.9 Å². The van der Waals surface area contributed by atoms with Crippen molar-refractivity contribution in [3.05, 3.63) is 42.8 Å². The van der Waals surface area contributed by atoms with Crippen molar-refractivity contribution in [1.82, 2.24) is 20.4 Å². The van der Waals surface area contributed by atoms with Gasteiger partial charge in [-0.25, -0.2) is 0 Å². The van der Waals surface area contributed by atoms with Crippen LogP contribution in [-0.4, -0.2) is 27.0 Å². The zero-order valence-corrected chi connectivity index (χ0v) is 14.8. The Balaban J connectivity index is 1.47. The van der Waals surface area contributed by atoms with Gasteiger partial charge >= 0.3 is 0 Å². The third kappa shape index (κ3) is 3.57. The number of rotatable bonds is 6. The summed E-state index contributed by atoms with van der Waals surface area (Å²) in [6.45, 7) is 2.61. The molecule has 0 aliphatic rings. The lowest BCUT2D eigenvalue weighted by Gasteiger charge is -2.04. The van der Waals surface area contributed by atoms with Crippen molar-refractivity contribution >= 4 is 44.9 Å². The average molecular weight is 371 g/mol. The lowest BCUT2D eigenvalue weighted by Crippen LogP contribution is -1.92. The summed E-state index contributed by atoms with van der Waals surface area (Å²) in [4.78, 5) is 0. The van der Waals surface area contributed by atoms with Crippen molar-refractivity contribution in [2.75, 3.05) is 11.9 Å². The van der Waals surface area contributed by atoms with Crippen LogP contribution in [0.1, 0.15) is 6.92 Å². The number of fused-ring (bicyclic) bond motifs is 1. The van der Waals surface area contributed by atoms with Crippen LogP contribution in [0.2, 0.25) is 0 Å². The van der Waals surface area contributed by atoms with Gasteiger partial charge in [-0.15, -0.1) is 15.3 Å². The Labute approximate surface area is 151 Å². The molecular weight excluding hydrogens is 358 g/mol. The molecule has 0 aliphatic carbocycles. The number of anilines is 2. The van der Waals surface area contributed by atoms with E-state index in [1.54, 1.807) is 12.5 Å². The Morgan fingerprint density at radius 3 is 2.88 bits per heavy atom. The van der Waals surface area contributed by atoms with E-state index >= 15 is 0 Å². The van der Waals surface area contributed by atoms with E-state index in [9.17, 15) is 0 Å². The van der Waals surface area contributed by atoms with Crippen molar-refractivity contribution in [3.8, 4) is 5.75 Å². The largest absolute Gasteiger partial charge is 0.494 e. The number of nitrogens with one attached hydrogen (secondary N) is 1. The molecule has 0 saturated carbocycles. The zero-order chi connectivity index (χ0) is 17.1. The topological polar surface area (TPSA) is 86.0 Å². The van der Waals surface area contributed by atoms with Crippen LogP contribution in [0.3, 0.4) is 0 Å². The summed E-state index contributed by atoms with van der Waals surface area (Å²) in [6.07, 6.45) is 3.29. The van der Waals surface area contributed by atoms with Crippen LogP contribution < -0.4 is 10.1 Å². The molecule has 4 aromatic rings. The minimum absolute atomic E-state index is 0.648. The normalized spacial score (nSPS) is 10.9. The van der Waals surface area contributed by atoms with Gasteiger partial charge in [-0.05, 0) is 49.0 Å². The molecule has 0 atom stereocenters. The Morgan fingerprint density at radius 2 is 2.04 bits per heavy atom. The summed E-state index contributed by atoms with van der Waals surface area (Å²) < 4.78 is 11.6. The summed E-state index contributed by atoms with van der Waals surface area (Å²) in [7, 11) is 0. The molecule has 0 aliphatic heterocycles. The summed E-state index contributed by atoms with van der Waals surface area (Å²) in [5.41, 5.74) is 1.63. The number of hydrogen-bond acceptors (Lipinski definition) is 9. The Morgan fingerprint density at radius 1 is 1.16 bits per heavy atom. The lowest BCUT2D eigenvalue weighted by molar-refractivity contribution is 0.340.